The van der Waals surface area contributed by atoms with Crippen molar-refractivity contribution in [2.24, 2.45) is 0 Å². The van der Waals surface area contributed by atoms with Crippen LogP contribution in [0, 0.1) is 0 Å². The molecule has 0 aliphatic carbocycles. The Balaban J connectivity index is 1.23. The fourth-order valence-electron chi connectivity index (χ4n) is 6.46. The van der Waals surface area contributed by atoms with Crippen molar-refractivity contribution in [1.29, 1.82) is 0 Å². The van der Waals surface area contributed by atoms with Gasteiger partial charge in [-0.3, -0.25) is 0 Å². The summed E-state index contributed by atoms with van der Waals surface area (Å²) >= 11 is 1.84. The van der Waals surface area contributed by atoms with Crippen LogP contribution in [0.1, 0.15) is 0 Å². The molecule has 0 bridgehead atoms. The topological polar surface area (TPSA) is 38.7 Å². The minimum absolute atomic E-state index is 0.644. The van der Waals surface area contributed by atoms with Crippen molar-refractivity contribution in [2.45, 2.75) is 0 Å². The largest absolute Gasteiger partial charge is 0.208 e. The molecule has 0 saturated heterocycles. The van der Waals surface area contributed by atoms with Gasteiger partial charge in [0.05, 0.1) is 0 Å². The van der Waals surface area contributed by atoms with Gasteiger partial charge >= 0.3 is 0 Å². The first-order valence-corrected chi connectivity index (χ1v) is 16.5. The monoisotopic (exact) mass is 617 g/mol. The van der Waals surface area contributed by atoms with Crippen LogP contribution >= 0.6 is 11.3 Å². The van der Waals surface area contributed by atoms with E-state index >= 15 is 0 Å². The molecule has 220 valence electrons. The molecule has 0 radical (unpaired) electrons. The lowest BCUT2D eigenvalue weighted by Crippen LogP contribution is -2.01. The zero-order valence-electron chi connectivity index (χ0n) is 25.3. The van der Waals surface area contributed by atoms with Crippen molar-refractivity contribution in [3.63, 3.8) is 0 Å². The normalized spacial score (nSPS) is 11.4. The standard InChI is InChI=1S/C43H27N3S/c1-3-13-29(14-4-1)40-34-19-8-7-12-28(34)22-25-37(40)43-45-41(30-15-5-2-6-16-30)44-42(46-43)33-18-11-17-31(26-33)32-23-24-36-35-20-9-10-21-38(35)47-39(36)27-32/h1-27H. The van der Waals surface area contributed by atoms with Crippen molar-refractivity contribution in [2.75, 3.05) is 0 Å². The first-order chi connectivity index (χ1) is 23.3. The summed E-state index contributed by atoms with van der Waals surface area (Å²) in [5.74, 6) is 1.94. The SMILES string of the molecule is c1ccc(-c2nc(-c3cccc(-c4ccc5c(c4)sc4ccccc45)c3)nc(-c3ccc4ccccc4c3-c3ccccc3)n2)cc1. The van der Waals surface area contributed by atoms with E-state index in [1.807, 2.05) is 35.6 Å². The van der Waals surface area contributed by atoms with E-state index in [9.17, 15) is 0 Å². The molecule has 2 aromatic heterocycles. The van der Waals surface area contributed by atoms with Gasteiger partial charge in [-0.15, -0.1) is 11.3 Å². The summed E-state index contributed by atoms with van der Waals surface area (Å²) in [5.41, 5.74) is 7.41. The van der Waals surface area contributed by atoms with Gasteiger partial charge in [0.25, 0.3) is 0 Å². The maximum Gasteiger partial charge on any atom is 0.164 e. The average molecular weight is 618 g/mol. The lowest BCUT2D eigenvalue weighted by atomic mass is 9.93. The highest BCUT2D eigenvalue weighted by atomic mass is 32.1. The lowest BCUT2D eigenvalue weighted by Gasteiger charge is -2.15. The Morgan fingerprint density at radius 3 is 1.77 bits per heavy atom. The Bertz CT molecular complexity index is 2570. The molecule has 0 saturated carbocycles. The fourth-order valence-corrected chi connectivity index (χ4v) is 7.60. The van der Waals surface area contributed by atoms with Gasteiger partial charge in [-0.2, -0.15) is 0 Å². The summed E-state index contributed by atoms with van der Waals surface area (Å²) in [4.78, 5) is 15.4. The molecule has 2 heterocycles. The molecule has 7 aromatic carbocycles. The third-order valence-corrected chi connectivity index (χ3v) is 9.87. The quantitative estimate of drug-likeness (QED) is 0.193. The van der Waals surface area contributed by atoms with Gasteiger partial charge in [0.15, 0.2) is 17.5 Å². The summed E-state index contributed by atoms with van der Waals surface area (Å²) in [7, 11) is 0. The summed E-state index contributed by atoms with van der Waals surface area (Å²) in [5, 5.41) is 4.95. The number of aromatic nitrogens is 3. The number of thiophene rings is 1. The zero-order chi connectivity index (χ0) is 31.2. The Morgan fingerprint density at radius 1 is 0.340 bits per heavy atom. The molecule has 0 atom stereocenters. The second kappa shape index (κ2) is 11.4. The van der Waals surface area contributed by atoms with Crippen LogP contribution in [-0.4, -0.2) is 15.0 Å². The molecule has 0 amide bonds. The van der Waals surface area contributed by atoms with E-state index in [0.29, 0.717) is 17.5 Å². The Kier molecular flexibility index (Phi) is 6.65. The number of nitrogens with zero attached hydrogens (tertiary/aromatic N) is 3. The highest BCUT2D eigenvalue weighted by Gasteiger charge is 2.18. The average Bonchev–Trinajstić information content (AvgIpc) is 3.53. The molecule has 9 aromatic rings. The van der Waals surface area contributed by atoms with Crippen LogP contribution < -0.4 is 0 Å². The minimum atomic E-state index is 0.644. The minimum Gasteiger partial charge on any atom is -0.208 e. The van der Waals surface area contributed by atoms with E-state index < -0.39 is 0 Å². The third-order valence-electron chi connectivity index (χ3n) is 8.73. The van der Waals surface area contributed by atoms with Gasteiger partial charge in [-0.25, -0.2) is 15.0 Å². The molecule has 9 rings (SSSR count). The van der Waals surface area contributed by atoms with Crippen LogP contribution in [0.25, 0.3) is 87.4 Å². The van der Waals surface area contributed by atoms with Crippen LogP contribution in [0.2, 0.25) is 0 Å². The molecule has 0 N–H and O–H groups in total. The lowest BCUT2D eigenvalue weighted by molar-refractivity contribution is 1.07. The van der Waals surface area contributed by atoms with Crippen molar-refractivity contribution in [3.05, 3.63) is 164 Å². The summed E-state index contributed by atoms with van der Waals surface area (Å²) in [6, 6.07) is 57.4. The predicted octanol–water partition coefficient (Wildman–Crippen LogP) is 11.7. The number of hydrogen-bond acceptors (Lipinski definition) is 4. The molecule has 0 unspecified atom stereocenters. The highest BCUT2D eigenvalue weighted by molar-refractivity contribution is 7.25. The molecular formula is C43H27N3S. The summed E-state index contributed by atoms with van der Waals surface area (Å²) < 4.78 is 2.59. The van der Waals surface area contributed by atoms with Crippen molar-refractivity contribution >= 4 is 42.3 Å². The van der Waals surface area contributed by atoms with Crippen LogP contribution in [0.15, 0.2) is 164 Å². The summed E-state index contributed by atoms with van der Waals surface area (Å²) in [6.45, 7) is 0. The Labute approximate surface area is 276 Å². The van der Waals surface area contributed by atoms with Crippen LogP contribution in [-0.2, 0) is 0 Å². The first kappa shape index (κ1) is 27.3. The molecule has 47 heavy (non-hydrogen) atoms. The highest BCUT2D eigenvalue weighted by Crippen LogP contribution is 2.39. The number of rotatable bonds is 5. The molecule has 0 fully saturated rings. The van der Waals surface area contributed by atoms with Gasteiger partial charge in [0.1, 0.15) is 0 Å². The van der Waals surface area contributed by atoms with Crippen molar-refractivity contribution < 1.29 is 0 Å². The number of fused-ring (bicyclic) bond motifs is 4. The Hall–Kier alpha value is -5.97. The second-order valence-electron chi connectivity index (χ2n) is 11.6. The van der Waals surface area contributed by atoms with Gasteiger partial charge in [0.2, 0.25) is 0 Å². The van der Waals surface area contributed by atoms with Crippen molar-refractivity contribution in [3.8, 4) is 56.4 Å². The van der Waals surface area contributed by atoms with E-state index in [-0.39, 0.29) is 0 Å². The molecular weight excluding hydrogens is 591 g/mol. The van der Waals surface area contributed by atoms with E-state index in [4.69, 9.17) is 15.0 Å². The fraction of sp³-hybridized carbons (Fsp3) is 0. The van der Waals surface area contributed by atoms with Crippen LogP contribution in [0.4, 0.5) is 0 Å². The van der Waals surface area contributed by atoms with Gasteiger partial charge < -0.3 is 0 Å². The van der Waals surface area contributed by atoms with E-state index in [1.54, 1.807) is 0 Å². The summed E-state index contributed by atoms with van der Waals surface area (Å²) in [6.07, 6.45) is 0. The maximum absolute atomic E-state index is 5.19. The van der Waals surface area contributed by atoms with E-state index in [1.165, 1.54) is 31.1 Å². The molecule has 0 aliphatic heterocycles. The maximum atomic E-state index is 5.19. The van der Waals surface area contributed by atoms with Gasteiger partial charge in [0, 0.05) is 42.4 Å². The van der Waals surface area contributed by atoms with Crippen LogP contribution in [0.3, 0.4) is 0 Å². The second-order valence-corrected chi connectivity index (χ2v) is 12.7. The molecule has 0 spiro atoms. The number of benzene rings is 7. The zero-order valence-corrected chi connectivity index (χ0v) is 26.2. The molecule has 0 aliphatic rings. The van der Waals surface area contributed by atoms with E-state index in [0.717, 1.165) is 38.8 Å². The predicted molar refractivity (Wildman–Crippen MR) is 197 cm³/mol. The molecule has 4 heteroatoms. The van der Waals surface area contributed by atoms with Gasteiger partial charge in [-0.1, -0.05) is 140 Å². The number of hydrogen-bond donors (Lipinski definition) is 0. The van der Waals surface area contributed by atoms with Crippen LogP contribution in [0.5, 0.6) is 0 Å². The molecule has 3 nitrogen and oxygen atoms in total. The van der Waals surface area contributed by atoms with Crippen molar-refractivity contribution in [1.82, 2.24) is 15.0 Å². The third kappa shape index (κ3) is 4.96. The smallest absolute Gasteiger partial charge is 0.164 e. The van der Waals surface area contributed by atoms with E-state index in [2.05, 4.69) is 140 Å². The van der Waals surface area contributed by atoms with Gasteiger partial charge in [-0.05, 0) is 51.7 Å². The first-order valence-electron chi connectivity index (χ1n) is 15.7. The Morgan fingerprint density at radius 2 is 0.936 bits per heavy atom.